The molecule has 0 radical (unpaired) electrons. The smallest absolute Gasteiger partial charge is 0.261 e. The van der Waals surface area contributed by atoms with Crippen molar-refractivity contribution in [1.82, 2.24) is 4.90 Å². The van der Waals surface area contributed by atoms with Crippen molar-refractivity contribution >= 4 is 23.4 Å². The fourth-order valence-corrected chi connectivity index (χ4v) is 2.34. The minimum absolute atomic E-state index is 0.0386. The lowest BCUT2D eigenvalue weighted by atomic mass is 10.0. The standard InChI is InChI=1S/C15H18N2O3/c1-4-9(5-2)13(18)16-10-6-7-11-12(8-10)15(20)17(3)14(11)19/h6-9H,4-5H2,1-3H3,(H,16,18). The third-order valence-electron chi connectivity index (χ3n) is 3.71. The van der Waals surface area contributed by atoms with Gasteiger partial charge in [0.15, 0.2) is 0 Å². The third kappa shape index (κ3) is 2.31. The van der Waals surface area contributed by atoms with Crippen LogP contribution in [0.15, 0.2) is 18.2 Å². The molecule has 20 heavy (non-hydrogen) atoms. The van der Waals surface area contributed by atoms with Gasteiger partial charge in [0.25, 0.3) is 11.8 Å². The number of fused-ring (bicyclic) bond motifs is 1. The molecule has 2 rings (SSSR count). The van der Waals surface area contributed by atoms with Gasteiger partial charge in [-0.25, -0.2) is 0 Å². The number of nitrogens with one attached hydrogen (secondary N) is 1. The van der Waals surface area contributed by atoms with Gasteiger partial charge in [0, 0.05) is 18.7 Å². The fourth-order valence-electron chi connectivity index (χ4n) is 2.34. The number of carbonyl (C=O) groups excluding carboxylic acids is 3. The van der Waals surface area contributed by atoms with Gasteiger partial charge in [-0.3, -0.25) is 19.3 Å². The second-order valence-corrected chi connectivity index (χ2v) is 4.93. The molecule has 0 aliphatic carbocycles. The average molecular weight is 274 g/mol. The molecule has 0 fully saturated rings. The fraction of sp³-hybridized carbons (Fsp3) is 0.400. The van der Waals surface area contributed by atoms with Gasteiger partial charge in [-0.1, -0.05) is 13.8 Å². The number of anilines is 1. The molecule has 1 aromatic carbocycles. The summed E-state index contributed by atoms with van der Waals surface area (Å²) >= 11 is 0. The summed E-state index contributed by atoms with van der Waals surface area (Å²) in [6.07, 6.45) is 1.54. The Bertz CT molecular complexity index is 576. The Hall–Kier alpha value is -2.17. The highest BCUT2D eigenvalue weighted by molar-refractivity contribution is 6.21. The van der Waals surface area contributed by atoms with Crippen molar-refractivity contribution in [3.63, 3.8) is 0 Å². The van der Waals surface area contributed by atoms with E-state index in [1.54, 1.807) is 18.2 Å². The molecule has 5 heteroatoms. The number of hydrogen-bond donors (Lipinski definition) is 1. The van der Waals surface area contributed by atoms with Crippen molar-refractivity contribution in [1.29, 1.82) is 0 Å². The highest BCUT2D eigenvalue weighted by atomic mass is 16.2. The van der Waals surface area contributed by atoms with Crippen LogP contribution in [0.3, 0.4) is 0 Å². The molecule has 5 nitrogen and oxygen atoms in total. The molecule has 1 N–H and O–H groups in total. The van der Waals surface area contributed by atoms with Gasteiger partial charge in [0.1, 0.15) is 0 Å². The largest absolute Gasteiger partial charge is 0.326 e. The summed E-state index contributed by atoms with van der Waals surface area (Å²) in [4.78, 5) is 36.7. The molecule has 0 atom stereocenters. The molecule has 0 saturated heterocycles. The molecular formula is C15H18N2O3. The Morgan fingerprint density at radius 2 is 1.75 bits per heavy atom. The van der Waals surface area contributed by atoms with Crippen molar-refractivity contribution in [3.05, 3.63) is 29.3 Å². The van der Waals surface area contributed by atoms with E-state index >= 15 is 0 Å². The maximum absolute atomic E-state index is 12.0. The van der Waals surface area contributed by atoms with Crippen molar-refractivity contribution in [2.75, 3.05) is 12.4 Å². The molecule has 0 spiro atoms. The molecule has 0 unspecified atom stereocenters. The first-order valence-corrected chi connectivity index (χ1v) is 6.76. The predicted molar refractivity (Wildman–Crippen MR) is 75.6 cm³/mol. The van der Waals surface area contributed by atoms with Crippen LogP contribution in [-0.4, -0.2) is 29.7 Å². The van der Waals surface area contributed by atoms with Crippen LogP contribution < -0.4 is 5.32 Å². The Morgan fingerprint density at radius 1 is 1.15 bits per heavy atom. The zero-order valence-corrected chi connectivity index (χ0v) is 11.9. The van der Waals surface area contributed by atoms with E-state index in [1.165, 1.54) is 7.05 Å². The topological polar surface area (TPSA) is 66.5 Å². The highest BCUT2D eigenvalue weighted by Crippen LogP contribution is 2.25. The van der Waals surface area contributed by atoms with Crippen LogP contribution in [0, 0.1) is 5.92 Å². The van der Waals surface area contributed by atoms with E-state index < -0.39 is 0 Å². The minimum Gasteiger partial charge on any atom is -0.326 e. The van der Waals surface area contributed by atoms with Crippen molar-refractivity contribution < 1.29 is 14.4 Å². The summed E-state index contributed by atoms with van der Waals surface area (Å²) in [7, 11) is 1.45. The maximum Gasteiger partial charge on any atom is 0.261 e. The lowest BCUT2D eigenvalue weighted by Gasteiger charge is -2.13. The van der Waals surface area contributed by atoms with Crippen LogP contribution in [0.25, 0.3) is 0 Å². The maximum atomic E-state index is 12.0. The Labute approximate surface area is 118 Å². The predicted octanol–water partition coefficient (Wildman–Crippen LogP) is 2.29. The van der Waals surface area contributed by atoms with Gasteiger partial charge >= 0.3 is 0 Å². The van der Waals surface area contributed by atoms with E-state index in [0.29, 0.717) is 16.8 Å². The molecule has 1 aromatic rings. The molecule has 0 bridgehead atoms. The summed E-state index contributed by atoms with van der Waals surface area (Å²) in [5, 5.41) is 2.80. The molecular weight excluding hydrogens is 256 g/mol. The normalized spacial score (nSPS) is 13.9. The van der Waals surface area contributed by atoms with E-state index in [2.05, 4.69) is 5.32 Å². The first kappa shape index (κ1) is 14.2. The molecule has 3 amide bonds. The minimum atomic E-state index is -0.330. The van der Waals surface area contributed by atoms with E-state index in [4.69, 9.17) is 0 Å². The average Bonchev–Trinajstić information content (AvgIpc) is 2.65. The van der Waals surface area contributed by atoms with Crippen molar-refractivity contribution in [2.45, 2.75) is 26.7 Å². The van der Waals surface area contributed by atoms with Crippen LogP contribution in [-0.2, 0) is 4.79 Å². The number of hydrogen-bond acceptors (Lipinski definition) is 3. The van der Waals surface area contributed by atoms with E-state index in [9.17, 15) is 14.4 Å². The first-order chi connectivity index (χ1) is 9.49. The second-order valence-electron chi connectivity index (χ2n) is 4.93. The summed E-state index contributed by atoms with van der Waals surface area (Å²) in [5.41, 5.74) is 1.29. The third-order valence-corrected chi connectivity index (χ3v) is 3.71. The Morgan fingerprint density at radius 3 is 2.35 bits per heavy atom. The molecule has 0 saturated carbocycles. The number of amides is 3. The van der Waals surface area contributed by atoms with E-state index in [1.807, 2.05) is 13.8 Å². The lowest BCUT2D eigenvalue weighted by molar-refractivity contribution is -0.120. The number of nitrogens with zero attached hydrogens (tertiary/aromatic N) is 1. The van der Waals surface area contributed by atoms with Crippen LogP contribution in [0.2, 0.25) is 0 Å². The zero-order valence-electron chi connectivity index (χ0n) is 11.9. The van der Waals surface area contributed by atoms with Crippen LogP contribution in [0.4, 0.5) is 5.69 Å². The van der Waals surface area contributed by atoms with Gasteiger partial charge in [-0.15, -0.1) is 0 Å². The number of carbonyl (C=O) groups is 3. The van der Waals surface area contributed by atoms with Gasteiger partial charge < -0.3 is 5.32 Å². The first-order valence-electron chi connectivity index (χ1n) is 6.76. The second kappa shape index (κ2) is 5.45. The van der Waals surface area contributed by atoms with E-state index in [0.717, 1.165) is 17.7 Å². The van der Waals surface area contributed by atoms with Gasteiger partial charge in [0.05, 0.1) is 11.1 Å². The van der Waals surface area contributed by atoms with Crippen LogP contribution >= 0.6 is 0 Å². The molecule has 106 valence electrons. The Kier molecular flexibility index (Phi) is 3.88. The van der Waals surface area contributed by atoms with Crippen molar-refractivity contribution in [3.8, 4) is 0 Å². The molecule has 1 heterocycles. The van der Waals surface area contributed by atoms with Gasteiger partial charge in [-0.2, -0.15) is 0 Å². The molecule has 1 aliphatic rings. The lowest BCUT2D eigenvalue weighted by Crippen LogP contribution is -2.24. The summed E-state index contributed by atoms with van der Waals surface area (Å²) < 4.78 is 0. The number of benzene rings is 1. The molecule has 0 aromatic heterocycles. The van der Waals surface area contributed by atoms with Crippen molar-refractivity contribution in [2.24, 2.45) is 5.92 Å². The quantitative estimate of drug-likeness (QED) is 0.857. The molecule has 1 aliphatic heterocycles. The van der Waals surface area contributed by atoms with E-state index in [-0.39, 0.29) is 23.6 Å². The van der Waals surface area contributed by atoms with Crippen LogP contribution in [0.5, 0.6) is 0 Å². The van der Waals surface area contributed by atoms with Crippen LogP contribution in [0.1, 0.15) is 47.4 Å². The van der Waals surface area contributed by atoms with Gasteiger partial charge in [-0.05, 0) is 31.0 Å². The Balaban J connectivity index is 2.23. The monoisotopic (exact) mass is 274 g/mol. The number of rotatable bonds is 4. The summed E-state index contributed by atoms with van der Waals surface area (Å²) in [6, 6.07) is 4.81. The summed E-state index contributed by atoms with van der Waals surface area (Å²) in [5.74, 6) is -0.727. The summed E-state index contributed by atoms with van der Waals surface area (Å²) in [6.45, 7) is 3.93. The highest BCUT2D eigenvalue weighted by Gasteiger charge is 2.32. The number of imide groups is 1. The van der Waals surface area contributed by atoms with Gasteiger partial charge in [0.2, 0.25) is 5.91 Å². The zero-order chi connectivity index (χ0) is 14.9. The SMILES string of the molecule is CCC(CC)C(=O)Nc1ccc2c(c1)C(=O)N(C)C2=O.